The molecular formula is C23H30N4O3. The molecule has 7 heteroatoms. The molecule has 7 nitrogen and oxygen atoms in total. The standard InChI is InChI=1S/C23H30N4O3/c1-14-8-9-19-18(12-14)17(15(2)25-19)10-11-24-21(28)13-20-22(29)27(23(30)26-20)16-6-4-3-5-7-16/h8-9,12,16,20,25H,3-7,10-11,13H2,1-2H3,(H,24,28)(H,26,30)/t20-/m1/s1. The van der Waals surface area contributed by atoms with Crippen molar-refractivity contribution in [1.82, 2.24) is 20.5 Å². The van der Waals surface area contributed by atoms with E-state index in [2.05, 4.69) is 40.7 Å². The molecule has 0 spiro atoms. The SMILES string of the molecule is Cc1ccc2[nH]c(C)c(CCNC(=O)C[C@H]3NC(=O)N(C4CCCCC4)C3=O)c2c1. The minimum Gasteiger partial charge on any atom is -0.358 e. The minimum absolute atomic E-state index is 0.0141. The average molecular weight is 411 g/mol. The van der Waals surface area contributed by atoms with E-state index in [1.807, 2.05) is 6.92 Å². The largest absolute Gasteiger partial charge is 0.358 e. The van der Waals surface area contributed by atoms with E-state index in [1.165, 1.54) is 21.4 Å². The molecule has 4 rings (SSSR count). The average Bonchev–Trinajstić information content (AvgIpc) is 3.17. The number of benzene rings is 1. The highest BCUT2D eigenvalue weighted by atomic mass is 16.2. The molecule has 0 bridgehead atoms. The Kier molecular flexibility index (Phi) is 5.79. The third-order valence-corrected chi connectivity index (χ3v) is 6.35. The number of hydrogen-bond acceptors (Lipinski definition) is 3. The number of aryl methyl sites for hydroxylation is 2. The van der Waals surface area contributed by atoms with E-state index in [0.29, 0.717) is 13.0 Å². The van der Waals surface area contributed by atoms with Crippen LogP contribution in [-0.4, -0.2) is 46.4 Å². The van der Waals surface area contributed by atoms with Gasteiger partial charge in [0.25, 0.3) is 5.91 Å². The minimum atomic E-state index is -0.753. The van der Waals surface area contributed by atoms with Crippen LogP contribution in [0.5, 0.6) is 0 Å². The first-order valence-corrected chi connectivity index (χ1v) is 10.9. The monoisotopic (exact) mass is 410 g/mol. The second-order valence-electron chi connectivity index (χ2n) is 8.58. The lowest BCUT2D eigenvalue weighted by Crippen LogP contribution is -2.42. The fraction of sp³-hybridized carbons (Fsp3) is 0.522. The molecule has 3 N–H and O–H groups in total. The van der Waals surface area contributed by atoms with Crippen LogP contribution in [0, 0.1) is 13.8 Å². The Bertz CT molecular complexity index is 974. The van der Waals surface area contributed by atoms with Gasteiger partial charge in [-0.1, -0.05) is 30.9 Å². The van der Waals surface area contributed by atoms with Crippen LogP contribution >= 0.6 is 0 Å². The number of fused-ring (bicyclic) bond motifs is 1. The summed E-state index contributed by atoms with van der Waals surface area (Å²) in [5.41, 5.74) is 4.60. The van der Waals surface area contributed by atoms with Crippen LogP contribution in [-0.2, 0) is 16.0 Å². The molecule has 0 radical (unpaired) electrons. The molecule has 160 valence electrons. The molecule has 2 aromatic rings. The molecule has 1 aliphatic carbocycles. The molecule has 2 heterocycles. The van der Waals surface area contributed by atoms with Gasteiger partial charge in [0.05, 0.1) is 6.42 Å². The number of carbonyl (C=O) groups is 3. The lowest BCUT2D eigenvalue weighted by Gasteiger charge is -2.28. The lowest BCUT2D eigenvalue weighted by atomic mass is 9.94. The summed E-state index contributed by atoms with van der Waals surface area (Å²) >= 11 is 0. The van der Waals surface area contributed by atoms with Crippen LogP contribution in [0.25, 0.3) is 10.9 Å². The number of amides is 4. The summed E-state index contributed by atoms with van der Waals surface area (Å²) in [7, 11) is 0. The highest BCUT2D eigenvalue weighted by Crippen LogP contribution is 2.26. The van der Waals surface area contributed by atoms with Gasteiger partial charge in [-0.25, -0.2) is 4.79 Å². The first kappa shape index (κ1) is 20.4. The highest BCUT2D eigenvalue weighted by Gasteiger charge is 2.42. The van der Waals surface area contributed by atoms with Gasteiger partial charge in [-0.3, -0.25) is 14.5 Å². The van der Waals surface area contributed by atoms with Crippen LogP contribution in [0.15, 0.2) is 18.2 Å². The zero-order valence-corrected chi connectivity index (χ0v) is 17.7. The van der Waals surface area contributed by atoms with Crippen LogP contribution in [0.1, 0.15) is 55.3 Å². The molecule has 2 fully saturated rings. The van der Waals surface area contributed by atoms with Gasteiger partial charge in [-0.15, -0.1) is 0 Å². The van der Waals surface area contributed by atoms with Gasteiger partial charge in [-0.05, 0) is 50.8 Å². The molecule has 2 aliphatic rings. The van der Waals surface area contributed by atoms with E-state index in [-0.39, 0.29) is 30.3 Å². The highest BCUT2D eigenvalue weighted by molar-refractivity contribution is 6.06. The van der Waals surface area contributed by atoms with Gasteiger partial charge in [0.15, 0.2) is 0 Å². The number of H-pyrrole nitrogens is 1. The summed E-state index contributed by atoms with van der Waals surface area (Å²) in [4.78, 5) is 42.2. The van der Waals surface area contributed by atoms with Crippen molar-refractivity contribution < 1.29 is 14.4 Å². The van der Waals surface area contributed by atoms with Gasteiger partial charge in [0.1, 0.15) is 6.04 Å². The molecule has 1 saturated heterocycles. The fourth-order valence-corrected chi connectivity index (χ4v) is 4.77. The Hall–Kier alpha value is -2.83. The molecule has 4 amide bonds. The summed E-state index contributed by atoms with van der Waals surface area (Å²) in [5.74, 6) is -0.474. The quantitative estimate of drug-likeness (QED) is 0.639. The smallest absolute Gasteiger partial charge is 0.325 e. The Morgan fingerprint density at radius 1 is 1.17 bits per heavy atom. The van der Waals surface area contributed by atoms with Crippen molar-refractivity contribution in [2.75, 3.05) is 6.54 Å². The topological polar surface area (TPSA) is 94.3 Å². The number of aromatic amines is 1. The summed E-state index contributed by atoms with van der Waals surface area (Å²) < 4.78 is 0. The third kappa shape index (κ3) is 4.06. The van der Waals surface area contributed by atoms with Crippen molar-refractivity contribution in [3.63, 3.8) is 0 Å². The van der Waals surface area contributed by atoms with Crippen LogP contribution < -0.4 is 10.6 Å². The van der Waals surface area contributed by atoms with Gasteiger partial charge in [0, 0.05) is 29.2 Å². The summed E-state index contributed by atoms with van der Waals surface area (Å²) in [6.07, 6.45) is 5.66. The van der Waals surface area contributed by atoms with E-state index in [0.717, 1.165) is 43.3 Å². The van der Waals surface area contributed by atoms with Crippen molar-refractivity contribution >= 4 is 28.7 Å². The van der Waals surface area contributed by atoms with Crippen molar-refractivity contribution in [3.8, 4) is 0 Å². The second-order valence-corrected chi connectivity index (χ2v) is 8.58. The van der Waals surface area contributed by atoms with Crippen LogP contribution in [0.3, 0.4) is 0 Å². The van der Waals surface area contributed by atoms with E-state index in [9.17, 15) is 14.4 Å². The number of hydrogen-bond donors (Lipinski definition) is 3. The number of nitrogens with one attached hydrogen (secondary N) is 3. The fourth-order valence-electron chi connectivity index (χ4n) is 4.77. The van der Waals surface area contributed by atoms with Gasteiger partial charge in [0.2, 0.25) is 5.91 Å². The predicted octanol–water partition coefficient (Wildman–Crippen LogP) is 3.09. The number of rotatable bonds is 6. The maximum Gasteiger partial charge on any atom is 0.325 e. The number of aromatic nitrogens is 1. The maximum atomic E-state index is 12.7. The van der Waals surface area contributed by atoms with Crippen molar-refractivity contribution in [1.29, 1.82) is 0 Å². The van der Waals surface area contributed by atoms with Gasteiger partial charge < -0.3 is 15.6 Å². The Morgan fingerprint density at radius 2 is 1.93 bits per heavy atom. The number of imide groups is 1. The first-order valence-electron chi connectivity index (χ1n) is 10.9. The number of carbonyl (C=O) groups excluding carboxylic acids is 3. The van der Waals surface area contributed by atoms with Gasteiger partial charge in [-0.2, -0.15) is 0 Å². The molecule has 1 atom stereocenters. The summed E-state index contributed by atoms with van der Waals surface area (Å²) in [6, 6.07) is 5.18. The molecule has 1 aromatic carbocycles. The van der Waals surface area contributed by atoms with E-state index < -0.39 is 6.04 Å². The van der Waals surface area contributed by atoms with Gasteiger partial charge >= 0.3 is 6.03 Å². The molecule has 1 saturated carbocycles. The van der Waals surface area contributed by atoms with E-state index in [1.54, 1.807) is 0 Å². The van der Waals surface area contributed by atoms with Crippen LogP contribution in [0.2, 0.25) is 0 Å². The zero-order valence-electron chi connectivity index (χ0n) is 17.7. The Morgan fingerprint density at radius 3 is 2.70 bits per heavy atom. The first-order chi connectivity index (χ1) is 14.4. The molecule has 0 unspecified atom stereocenters. The summed E-state index contributed by atoms with van der Waals surface area (Å²) in [5, 5.41) is 6.79. The third-order valence-electron chi connectivity index (χ3n) is 6.35. The predicted molar refractivity (Wildman–Crippen MR) is 115 cm³/mol. The van der Waals surface area contributed by atoms with Crippen LogP contribution in [0.4, 0.5) is 4.79 Å². The summed E-state index contributed by atoms with van der Waals surface area (Å²) in [6.45, 7) is 4.59. The van der Waals surface area contributed by atoms with E-state index >= 15 is 0 Å². The molecule has 1 aliphatic heterocycles. The Labute approximate surface area is 176 Å². The maximum absolute atomic E-state index is 12.7. The second kappa shape index (κ2) is 8.50. The number of nitrogens with zero attached hydrogens (tertiary/aromatic N) is 1. The molecular weight excluding hydrogens is 380 g/mol. The van der Waals surface area contributed by atoms with Crippen molar-refractivity contribution in [2.24, 2.45) is 0 Å². The lowest BCUT2D eigenvalue weighted by molar-refractivity contribution is -0.132. The van der Waals surface area contributed by atoms with Crippen molar-refractivity contribution in [3.05, 3.63) is 35.0 Å². The van der Waals surface area contributed by atoms with E-state index in [4.69, 9.17) is 0 Å². The number of urea groups is 1. The molecule has 30 heavy (non-hydrogen) atoms. The van der Waals surface area contributed by atoms with Crippen molar-refractivity contribution in [2.45, 2.75) is 70.9 Å². The normalized spacial score (nSPS) is 20.1. The zero-order chi connectivity index (χ0) is 21.3. The molecule has 1 aromatic heterocycles. The Balaban J connectivity index is 1.31.